The minimum absolute atomic E-state index is 0.0240. The Morgan fingerprint density at radius 2 is 1.67 bits per heavy atom. The zero-order valence-electron chi connectivity index (χ0n) is 13.7. The molecule has 21 heavy (non-hydrogen) atoms. The summed E-state index contributed by atoms with van der Waals surface area (Å²) in [5.74, 6) is 0.667. The zero-order valence-corrected chi connectivity index (χ0v) is 14.5. The fraction of sp³-hybridized carbons (Fsp3) is 0.647. The summed E-state index contributed by atoms with van der Waals surface area (Å²) in [6.45, 7) is 8.42. The predicted octanol–water partition coefficient (Wildman–Crippen LogP) is 4.13. The summed E-state index contributed by atoms with van der Waals surface area (Å²) in [5.41, 5.74) is 1.18. The van der Waals surface area contributed by atoms with Crippen molar-refractivity contribution in [3.8, 4) is 0 Å². The highest BCUT2D eigenvalue weighted by Gasteiger charge is 2.17. The first-order chi connectivity index (χ1) is 9.85. The largest absolute Gasteiger partial charge is 0.240 e. The summed E-state index contributed by atoms with van der Waals surface area (Å²) in [7, 11) is -3.39. The maximum absolute atomic E-state index is 12.3. The third-order valence-electron chi connectivity index (χ3n) is 3.55. The normalized spacial score (nSPS) is 13.6. The molecule has 0 aliphatic carbocycles. The molecule has 0 aromatic heterocycles. The van der Waals surface area contributed by atoms with Crippen molar-refractivity contribution in [2.24, 2.45) is 5.92 Å². The Labute approximate surface area is 130 Å². The van der Waals surface area contributed by atoms with Crippen LogP contribution in [0.1, 0.15) is 58.9 Å². The first kappa shape index (κ1) is 18.2. The summed E-state index contributed by atoms with van der Waals surface area (Å²) in [4.78, 5) is 0.359. The molecule has 0 saturated heterocycles. The van der Waals surface area contributed by atoms with Crippen molar-refractivity contribution in [1.29, 1.82) is 0 Å². The van der Waals surface area contributed by atoms with Gasteiger partial charge in [0.15, 0.2) is 0 Å². The van der Waals surface area contributed by atoms with Gasteiger partial charge in [-0.05, 0) is 43.4 Å². The second-order valence-electron chi connectivity index (χ2n) is 6.24. The zero-order chi connectivity index (χ0) is 15.9. The molecule has 0 saturated carbocycles. The van der Waals surface area contributed by atoms with E-state index in [9.17, 15) is 8.42 Å². The van der Waals surface area contributed by atoms with Crippen LogP contribution in [0.25, 0.3) is 0 Å². The van der Waals surface area contributed by atoms with Gasteiger partial charge in [-0.25, -0.2) is 13.1 Å². The van der Waals surface area contributed by atoms with Gasteiger partial charge in [0.05, 0.1) is 4.90 Å². The van der Waals surface area contributed by atoms with Crippen molar-refractivity contribution in [3.05, 3.63) is 29.8 Å². The van der Waals surface area contributed by atoms with Gasteiger partial charge in [-0.3, -0.25) is 0 Å². The van der Waals surface area contributed by atoms with Gasteiger partial charge in [0.2, 0.25) is 10.0 Å². The van der Waals surface area contributed by atoms with Crippen LogP contribution in [0.3, 0.4) is 0 Å². The lowest BCUT2D eigenvalue weighted by molar-refractivity contribution is 0.488. The van der Waals surface area contributed by atoms with E-state index in [1.165, 1.54) is 5.56 Å². The fourth-order valence-corrected chi connectivity index (χ4v) is 3.63. The van der Waals surface area contributed by atoms with E-state index in [-0.39, 0.29) is 6.04 Å². The van der Waals surface area contributed by atoms with Crippen molar-refractivity contribution >= 4 is 10.0 Å². The lowest BCUT2D eigenvalue weighted by Gasteiger charge is -2.15. The predicted molar refractivity (Wildman–Crippen MR) is 88.9 cm³/mol. The molecule has 0 bridgehead atoms. The molecule has 1 rings (SSSR count). The molecule has 1 atom stereocenters. The van der Waals surface area contributed by atoms with E-state index in [0.717, 1.165) is 32.1 Å². The van der Waals surface area contributed by atoms with Gasteiger partial charge in [0.25, 0.3) is 0 Å². The topological polar surface area (TPSA) is 46.2 Å². The van der Waals surface area contributed by atoms with Gasteiger partial charge in [0, 0.05) is 6.04 Å². The Morgan fingerprint density at radius 3 is 2.19 bits per heavy atom. The number of nitrogens with one attached hydrogen (secondary N) is 1. The summed E-state index contributed by atoms with van der Waals surface area (Å²) < 4.78 is 27.4. The van der Waals surface area contributed by atoms with Crippen molar-refractivity contribution in [2.75, 3.05) is 0 Å². The molecule has 0 heterocycles. The number of hydrogen-bond donors (Lipinski definition) is 1. The lowest BCUT2D eigenvalue weighted by atomic mass is 10.0. The first-order valence-corrected chi connectivity index (χ1v) is 9.44. The minimum atomic E-state index is -3.39. The van der Waals surface area contributed by atoms with Crippen molar-refractivity contribution in [2.45, 2.75) is 70.7 Å². The van der Waals surface area contributed by atoms with E-state index in [1.807, 2.05) is 19.1 Å². The van der Waals surface area contributed by atoms with E-state index < -0.39 is 10.0 Å². The molecule has 1 unspecified atom stereocenters. The number of hydrogen-bond acceptors (Lipinski definition) is 2. The number of benzene rings is 1. The first-order valence-electron chi connectivity index (χ1n) is 7.96. The van der Waals surface area contributed by atoms with Crippen LogP contribution in [-0.4, -0.2) is 14.5 Å². The Morgan fingerprint density at radius 1 is 1.05 bits per heavy atom. The quantitative estimate of drug-likeness (QED) is 0.745. The standard InChI is InChI=1S/C17H29NO2S/c1-5-7-16-10-12-17(13-11-16)21(19,20)18-15(4)9-6-8-14(2)3/h10-15,18H,5-9H2,1-4H3. The molecule has 1 aromatic rings. The average Bonchev–Trinajstić information content (AvgIpc) is 2.38. The maximum Gasteiger partial charge on any atom is 0.240 e. The number of aryl methyl sites for hydroxylation is 1. The Balaban J connectivity index is 2.59. The molecule has 3 nitrogen and oxygen atoms in total. The molecule has 0 aliphatic rings. The van der Waals surface area contributed by atoms with Gasteiger partial charge >= 0.3 is 0 Å². The fourth-order valence-electron chi connectivity index (χ4n) is 2.35. The number of rotatable bonds is 9. The van der Waals surface area contributed by atoms with E-state index in [1.54, 1.807) is 12.1 Å². The van der Waals surface area contributed by atoms with E-state index >= 15 is 0 Å². The lowest BCUT2D eigenvalue weighted by Crippen LogP contribution is -2.32. The molecule has 120 valence electrons. The molecule has 0 fully saturated rings. The summed E-state index contributed by atoms with van der Waals surface area (Å²) in [5, 5.41) is 0. The third kappa shape index (κ3) is 6.62. The van der Waals surface area contributed by atoms with Crippen molar-refractivity contribution < 1.29 is 8.42 Å². The van der Waals surface area contributed by atoms with Gasteiger partial charge < -0.3 is 0 Å². The third-order valence-corrected chi connectivity index (χ3v) is 5.15. The van der Waals surface area contributed by atoms with E-state index in [2.05, 4.69) is 25.5 Å². The van der Waals surface area contributed by atoms with Crippen LogP contribution in [0.2, 0.25) is 0 Å². The van der Waals surface area contributed by atoms with Gasteiger partial charge in [-0.1, -0.05) is 52.2 Å². The van der Waals surface area contributed by atoms with Crippen LogP contribution in [0.4, 0.5) is 0 Å². The van der Waals surface area contributed by atoms with Crippen molar-refractivity contribution in [3.63, 3.8) is 0 Å². The molecular formula is C17H29NO2S. The smallest absolute Gasteiger partial charge is 0.208 e. The Hall–Kier alpha value is -0.870. The molecule has 0 aliphatic heterocycles. The van der Waals surface area contributed by atoms with Gasteiger partial charge in [0.1, 0.15) is 0 Å². The number of sulfonamides is 1. The molecule has 1 N–H and O–H groups in total. The second-order valence-corrected chi connectivity index (χ2v) is 7.96. The highest BCUT2D eigenvalue weighted by atomic mass is 32.2. The Kier molecular flexibility index (Phi) is 7.40. The van der Waals surface area contributed by atoms with E-state index in [4.69, 9.17) is 0 Å². The summed E-state index contributed by atoms with van der Waals surface area (Å²) >= 11 is 0. The molecule has 1 aromatic carbocycles. The molecule has 0 radical (unpaired) electrons. The van der Waals surface area contributed by atoms with Crippen LogP contribution in [-0.2, 0) is 16.4 Å². The van der Waals surface area contributed by atoms with Crippen LogP contribution in [0, 0.1) is 5.92 Å². The van der Waals surface area contributed by atoms with Crippen LogP contribution in [0.5, 0.6) is 0 Å². The average molecular weight is 311 g/mol. The highest BCUT2D eigenvalue weighted by Crippen LogP contribution is 2.14. The molecule has 4 heteroatoms. The van der Waals surface area contributed by atoms with Crippen LogP contribution in [0.15, 0.2) is 29.2 Å². The van der Waals surface area contributed by atoms with Gasteiger partial charge in [-0.2, -0.15) is 0 Å². The van der Waals surface area contributed by atoms with Crippen LogP contribution >= 0.6 is 0 Å². The van der Waals surface area contributed by atoms with E-state index in [0.29, 0.717) is 10.8 Å². The summed E-state index contributed by atoms with van der Waals surface area (Å²) in [6.07, 6.45) is 5.12. The van der Waals surface area contributed by atoms with Crippen molar-refractivity contribution in [1.82, 2.24) is 4.72 Å². The molecular weight excluding hydrogens is 282 g/mol. The monoisotopic (exact) mass is 311 g/mol. The molecule has 0 spiro atoms. The minimum Gasteiger partial charge on any atom is -0.208 e. The maximum atomic E-state index is 12.3. The SMILES string of the molecule is CCCc1ccc(S(=O)(=O)NC(C)CCCC(C)C)cc1. The van der Waals surface area contributed by atoms with Crippen LogP contribution < -0.4 is 4.72 Å². The highest BCUT2D eigenvalue weighted by molar-refractivity contribution is 7.89. The van der Waals surface area contributed by atoms with Gasteiger partial charge in [-0.15, -0.1) is 0 Å². The summed E-state index contributed by atoms with van der Waals surface area (Å²) in [6, 6.07) is 7.19. The second kappa shape index (κ2) is 8.54. The Bertz CT molecular complexity index is 506. The molecule has 0 amide bonds.